The molecule has 2 aromatic carbocycles. The first-order chi connectivity index (χ1) is 9.51. The van der Waals surface area contributed by atoms with Gasteiger partial charge in [0.1, 0.15) is 11.6 Å². The third-order valence-corrected chi connectivity index (χ3v) is 3.47. The maximum atomic E-state index is 13.1. The summed E-state index contributed by atoms with van der Waals surface area (Å²) >= 11 is 3.34. The Balaban J connectivity index is 2.30. The minimum atomic E-state index is -0.420. The van der Waals surface area contributed by atoms with Crippen molar-refractivity contribution in [2.75, 3.05) is 12.4 Å². The Hall–Kier alpha value is -1.88. The smallest absolute Gasteiger partial charge is 0.256 e. The summed E-state index contributed by atoms with van der Waals surface area (Å²) in [5.74, 6) is -0.427. The number of halogens is 2. The molecule has 0 saturated carbocycles. The molecule has 3 nitrogen and oxygen atoms in total. The Bertz CT molecular complexity index is 658. The van der Waals surface area contributed by atoms with Crippen molar-refractivity contribution < 1.29 is 13.9 Å². The quantitative estimate of drug-likeness (QED) is 0.913. The molecule has 0 heterocycles. The van der Waals surface area contributed by atoms with Gasteiger partial charge in [-0.25, -0.2) is 4.39 Å². The molecule has 5 heteroatoms. The standard InChI is InChI=1S/C15H13BrFNO2/c1-9-3-5-12(16)11(7-9)15(19)18-13-6-4-10(17)8-14(13)20-2/h3-8H,1-2H3,(H,18,19). The first kappa shape index (κ1) is 14.5. The lowest BCUT2D eigenvalue weighted by molar-refractivity contribution is 0.102. The molecular weight excluding hydrogens is 325 g/mol. The van der Waals surface area contributed by atoms with Crippen LogP contribution in [-0.2, 0) is 0 Å². The van der Waals surface area contributed by atoms with Crippen LogP contribution in [0.4, 0.5) is 10.1 Å². The van der Waals surface area contributed by atoms with Gasteiger partial charge in [-0.2, -0.15) is 0 Å². The van der Waals surface area contributed by atoms with Crippen molar-refractivity contribution in [3.05, 3.63) is 57.8 Å². The van der Waals surface area contributed by atoms with Gasteiger partial charge in [0.2, 0.25) is 0 Å². The van der Waals surface area contributed by atoms with E-state index < -0.39 is 5.82 Å². The van der Waals surface area contributed by atoms with E-state index >= 15 is 0 Å². The third kappa shape index (κ3) is 3.17. The van der Waals surface area contributed by atoms with E-state index in [0.29, 0.717) is 15.7 Å². The number of hydrogen-bond donors (Lipinski definition) is 1. The van der Waals surface area contributed by atoms with Gasteiger partial charge in [0.15, 0.2) is 0 Å². The predicted octanol–water partition coefficient (Wildman–Crippen LogP) is 4.16. The minimum absolute atomic E-state index is 0.280. The number of rotatable bonds is 3. The van der Waals surface area contributed by atoms with Crippen LogP contribution in [0.5, 0.6) is 5.75 Å². The van der Waals surface area contributed by atoms with Crippen LogP contribution < -0.4 is 10.1 Å². The van der Waals surface area contributed by atoms with Crippen LogP contribution in [0.25, 0.3) is 0 Å². The molecule has 0 unspecified atom stereocenters. The summed E-state index contributed by atoms with van der Waals surface area (Å²) in [5.41, 5.74) is 1.91. The first-order valence-electron chi connectivity index (χ1n) is 5.92. The number of methoxy groups -OCH3 is 1. The van der Waals surface area contributed by atoms with Crippen LogP contribution in [0.15, 0.2) is 40.9 Å². The molecule has 0 aliphatic heterocycles. The summed E-state index contributed by atoms with van der Waals surface area (Å²) in [7, 11) is 1.42. The van der Waals surface area contributed by atoms with Gasteiger partial charge < -0.3 is 10.1 Å². The van der Waals surface area contributed by atoms with Crippen LogP contribution in [0.2, 0.25) is 0 Å². The predicted molar refractivity (Wildman–Crippen MR) is 79.8 cm³/mol. The zero-order valence-corrected chi connectivity index (χ0v) is 12.6. The number of hydrogen-bond acceptors (Lipinski definition) is 2. The average Bonchev–Trinajstić information content (AvgIpc) is 2.43. The fraction of sp³-hybridized carbons (Fsp3) is 0.133. The molecular formula is C15H13BrFNO2. The summed E-state index contributed by atoms with van der Waals surface area (Å²) in [6, 6.07) is 9.45. The molecule has 0 bridgehead atoms. The number of carbonyl (C=O) groups is 1. The van der Waals surface area contributed by atoms with Gasteiger partial charge in [0.05, 0.1) is 18.4 Å². The summed E-state index contributed by atoms with van der Waals surface area (Å²) in [5, 5.41) is 2.71. The number of nitrogens with one attached hydrogen (secondary N) is 1. The highest BCUT2D eigenvalue weighted by Crippen LogP contribution is 2.26. The fourth-order valence-electron chi connectivity index (χ4n) is 1.77. The second-order valence-electron chi connectivity index (χ2n) is 4.28. The Morgan fingerprint density at radius 1 is 1.25 bits per heavy atom. The Morgan fingerprint density at radius 2 is 2.00 bits per heavy atom. The highest BCUT2D eigenvalue weighted by molar-refractivity contribution is 9.10. The number of benzene rings is 2. The zero-order valence-electron chi connectivity index (χ0n) is 11.0. The van der Waals surface area contributed by atoms with Crippen LogP contribution in [0.3, 0.4) is 0 Å². The molecule has 0 aliphatic rings. The number of anilines is 1. The van der Waals surface area contributed by atoms with E-state index in [9.17, 15) is 9.18 Å². The fourth-order valence-corrected chi connectivity index (χ4v) is 2.20. The van der Waals surface area contributed by atoms with Gasteiger partial charge in [-0.05, 0) is 47.1 Å². The summed E-state index contributed by atoms with van der Waals surface area (Å²) in [4.78, 5) is 12.2. The summed E-state index contributed by atoms with van der Waals surface area (Å²) < 4.78 is 18.9. The van der Waals surface area contributed by atoms with Crippen molar-refractivity contribution in [1.82, 2.24) is 0 Å². The number of ether oxygens (including phenoxy) is 1. The number of amides is 1. The van der Waals surface area contributed by atoms with Gasteiger partial charge in [-0.3, -0.25) is 4.79 Å². The lowest BCUT2D eigenvalue weighted by Gasteiger charge is -2.11. The van der Waals surface area contributed by atoms with Crippen LogP contribution in [0, 0.1) is 12.7 Å². The zero-order chi connectivity index (χ0) is 14.7. The largest absolute Gasteiger partial charge is 0.494 e. The van der Waals surface area contributed by atoms with Crippen LogP contribution in [0.1, 0.15) is 15.9 Å². The highest BCUT2D eigenvalue weighted by Gasteiger charge is 2.13. The average molecular weight is 338 g/mol. The molecule has 0 spiro atoms. The van der Waals surface area contributed by atoms with E-state index in [2.05, 4.69) is 21.2 Å². The van der Waals surface area contributed by atoms with Gasteiger partial charge in [0, 0.05) is 10.5 Å². The van der Waals surface area contributed by atoms with E-state index in [1.807, 2.05) is 19.1 Å². The normalized spacial score (nSPS) is 10.2. The number of carbonyl (C=O) groups excluding carboxylic acids is 1. The van der Waals surface area contributed by atoms with E-state index in [-0.39, 0.29) is 11.7 Å². The molecule has 0 aromatic heterocycles. The summed E-state index contributed by atoms with van der Waals surface area (Å²) in [6.45, 7) is 1.90. The van der Waals surface area contributed by atoms with Gasteiger partial charge in [-0.15, -0.1) is 0 Å². The Labute approximate surface area is 124 Å². The van der Waals surface area contributed by atoms with Crippen molar-refractivity contribution in [2.45, 2.75) is 6.92 Å². The van der Waals surface area contributed by atoms with Crippen molar-refractivity contribution >= 4 is 27.5 Å². The Morgan fingerprint density at radius 3 is 2.70 bits per heavy atom. The SMILES string of the molecule is COc1cc(F)ccc1NC(=O)c1cc(C)ccc1Br. The monoisotopic (exact) mass is 337 g/mol. The van der Waals surface area contributed by atoms with Gasteiger partial charge >= 0.3 is 0 Å². The molecule has 0 radical (unpaired) electrons. The molecule has 0 atom stereocenters. The van der Waals surface area contributed by atoms with E-state index in [0.717, 1.165) is 5.56 Å². The van der Waals surface area contributed by atoms with Crippen LogP contribution >= 0.6 is 15.9 Å². The lowest BCUT2D eigenvalue weighted by Crippen LogP contribution is -2.13. The van der Waals surface area contributed by atoms with Gasteiger partial charge in [-0.1, -0.05) is 11.6 Å². The van der Waals surface area contributed by atoms with E-state index in [1.54, 1.807) is 6.07 Å². The molecule has 2 rings (SSSR count). The van der Waals surface area contributed by atoms with Gasteiger partial charge in [0.25, 0.3) is 5.91 Å². The maximum absolute atomic E-state index is 13.1. The highest BCUT2D eigenvalue weighted by atomic mass is 79.9. The molecule has 1 N–H and O–H groups in total. The molecule has 0 fully saturated rings. The second kappa shape index (κ2) is 6.05. The maximum Gasteiger partial charge on any atom is 0.256 e. The molecule has 2 aromatic rings. The molecule has 0 saturated heterocycles. The molecule has 0 aliphatic carbocycles. The van der Waals surface area contributed by atoms with E-state index in [1.165, 1.54) is 25.3 Å². The molecule has 1 amide bonds. The van der Waals surface area contributed by atoms with Crippen molar-refractivity contribution in [2.24, 2.45) is 0 Å². The first-order valence-corrected chi connectivity index (χ1v) is 6.71. The lowest BCUT2D eigenvalue weighted by atomic mass is 10.1. The van der Waals surface area contributed by atoms with Crippen LogP contribution in [-0.4, -0.2) is 13.0 Å². The molecule has 20 heavy (non-hydrogen) atoms. The number of aryl methyl sites for hydroxylation is 1. The molecule has 104 valence electrons. The van der Waals surface area contributed by atoms with Crippen molar-refractivity contribution in [1.29, 1.82) is 0 Å². The summed E-state index contributed by atoms with van der Waals surface area (Å²) in [6.07, 6.45) is 0. The van der Waals surface area contributed by atoms with E-state index in [4.69, 9.17) is 4.74 Å². The Kier molecular flexibility index (Phi) is 4.39. The minimum Gasteiger partial charge on any atom is -0.494 e. The third-order valence-electron chi connectivity index (χ3n) is 2.78. The van der Waals surface area contributed by atoms with Crippen molar-refractivity contribution in [3.63, 3.8) is 0 Å². The second-order valence-corrected chi connectivity index (χ2v) is 5.14. The van der Waals surface area contributed by atoms with Crippen molar-refractivity contribution in [3.8, 4) is 5.75 Å². The topological polar surface area (TPSA) is 38.3 Å².